The highest BCUT2D eigenvalue weighted by molar-refractivity contribution is 7.18. The number of nitrogens with zero attached hydrogens (tertiary/aromatic N) is 1. The number of nitrogens with one attached hydrogen (secondary N) is 1. The average molecular weight is 412 g/mol. The van der Waals surface area contributed by atoms with Crippen LogP contribution < -0.4 is 5.32 Å². The second-order valence-electron chi connectivity index (χ2n) is 7.62. The quantitative estimate of drug-likeness (QED) is 0.524. The average Bonchev–Trinajstić information content (AvgIpc) is 3.23. The first-order valence-corrected chi connectivity index (χ1v) is 10.6. The lowest BCUT2D eigenvalue weighted by Gasteiger charge is -2.35. The maximum Gasteiger partial charge on any atom is 0.348 e. The summed E-state index contributed by atoms with van der Waals surface area (Å²) in [6.07, 6.45) is 4.65. The number of quaternary nitrogens is 1. The predicted octanol–water partition coefficient (Wildman–Crippen LogP) is 3.37. The summed E-state index contributed by atoms with van der Waals surface area (Å²) < 4.78 is 10.8. The van der Waals surface area contributed by atoms with Crippen LogP contribution in [0.15, 0.2) is 0 Å². The van der Waals surface area contributed by atoms with Crippen molar-refractivity contribution in [3.63, 3.8) is 0 Å². The van der Waals surface area contributed by atoms with Crippen molar-refractivity contribution in [2.75, 3.05) is 39.2 Å². The molecular weight excluding hydrogens is 380 g/mol. The van der Waals surface area contributed by atoms with E-state index in [1.54, 1.807) is 20.8 Å². The van der Waals surface area contributed by atoms with E-state index in [0.29, 0.717) is 32.5 Å². The maximum atomic E-state index is 12.7. The van der Waals surface area contributed by atoms with Gasteiger partial charge >= 0.3 is 11.9 Å². The molecule has 156 valence electrons. The van der Waals surface area contributed by atoms with Gasteiger partial charge in [-0.2, -0.15) is 0 Å². The van der Waals surface area contributed by atoms with Gasteiger partial charge in [0.25, 0.3) is 5.91 Å². The van der Waals surface area contributed by atoms with Crippen LogP contribution in [-0.2, 0) is 14.3 Å². The van der Waals surface area contributed by atoms with E-state index in [1.165, 1.54) is 12.8 Å². The molecule has 0 radical (unpaired) electrons. The Bertz CT molecular complexity index is 735. The molecule has 0 saturated heterocycles. The molecule has 0 bridgehead atoms. The number of esters is 2. The van der Waals surface area contributed by atoms with Crippen LogP contribution >= 0.6 is 11.3 Å². The van der Waals surface area contributed by atoms with Gasteiger partial charge < -0.3 is 19.3 Å². The van der Waals surface area contributed by atoms with E-state index in [-0.39, 0.29) is 24.7 Å². The number of rotatable bonds is 8. The first-order chi connectivity index (χ1) is 13.2. The van der Waals surface area contributed by atoms with Gasteiger partial charge in [-0.25, -0.2) is 9.59 Å². The Morgan fingerprint density at radius 3 is 2.21 bits per heavy atom. The fraction of sp³-hybridized carbons (Fsp3) is 0.650. The van der Waals surface area contributed by atoms with Crippen molar-refractivity contribution in [2.45, 2.75) is 52.5 Å². The first-order valence-electron chi connectivity index (χ1n) is 9.81. The fourth-order valence-corrected chi connectivity index (χ4v) is 4.82. The van der Waals surface area contributed by atoms with Crippen LogP contribution in [0.4, 0.5) is 5.00 Å². The number of carbonyl (C=O) groups excluding carboxylic acids is 3. The van der Waals surface area contributed by atoms with Gasteiger partial charge in [0.15, 0.2) is 6.54 Å². The number of hydrogen-bond acceptors (Lipinski definition) is 6. The van der Waals surface area contributed by atoms with Crippen molar-refractivity contribution in [3.05, 3.63) is 16.0 Å². The Morgan fingerprint density at radius 2 is 1.64 bits per heavy atom. The van der Waals surface area contributed by atoms with E-state index >= 15 is 0 Å². The van der Waals surface area contributed by atoms with Crippen molar-refractivity contribution in [2.24, 2.45) is 0 Å². The van der Waals surface area contributed by atoms with E-state index in [1.807, 2.05) is 0 Å². The van der Waals surface area contributed by atoms with Gasteiger partial charge in [0.1, 0.15) is 9.88 Å². The first kappa shape index (κ1) is 22.4. The summed E-state index contributed by atoms with van der Waals surface area (Å²) in [4.78, 5) is 37.7. The molecule has 1 aliphatic carbocycles. The van der Waals surface area contributed by atoms with Crippen molar-refractivity contribution in [3.8, 4) is 0 Å². The van der Waals surface area contributed by atoms with E-state index in [4.69, 9.17) is 9.47 Å². The Hall–Kier alpha value is -1.93. The van der Waals surface area contributed by atoms with Crippen LogP contribution in [0.5, 0.6) is 0 Å². The highest BCUT2D eigenvalue weighted by atomic mass is 32.1. The summed E-state index contributed by atoms with van der Waals surface area (Å²) in [7, 11) is 4.12. The largest absolute Gasteiger partial charge is 0.462 e. The third-order valence-electron chi connectivity index (χ3n) is 5.20. The predicted molar refractivity (Wildman–Crippen MR) is 109 cm³/mol. The zero-order chi connectivity index (χ0) is 20.9. The van der Waals surface area contributed by atoms with Gasteiger partial charge in [-0.3, -0.25) is 4.79 Å². The van der Waals surface area contributed by atoms with Crippen molar-refractivity contribution >= 4 is 34.2 Å². The second-order valence-corrected chi connectivity index (χ2v) is 8.65. The van der Waals surface area contributed by atoms with Crippen LogP contribution in [0.25, 0.3) is 0 Å². The lowest BCUT2D eigenvalue weighted by molar-refractivity contribution is -0.906. The molecule has 1 N–H and O–H groups in total. The Balaban J connectivity index is 2.24. The molecule has 8 heteroatoms. The molecule has 0 atom stereocenters. The summed E-state index contributed by atoms with van der Waals surface area (Å²) in [6.45, 7) is 5.86. The number of anilines is 1. The van der Waals surface area contributed by atoms with E-state index < -0.39 is 11.9 Å². The smallest absolute Gasteiger partial charge is 0.348 e. The van der Waals surface area contributed by atoms with Crippen molar-refractivity contribution < 1.29 is 28.3 Å². The summed E-state index contributed by atoms with van der Waals surface area (Å²) in [5.41, 5.74) is 0.705. The lowest BCUT2D eigenvalue weighted by atomic mass is 10.1. The lowest BCUT2D eigenvalue weighted by Crippen LogP contribution is -2.51. The van der Waals surface area contributed by atoms with Gasteiger partial charge in [-0.15, -0.1) is 11.3 Å². The van der Waals surface area contributed by atoms with Gasteiger partial charge in [-0.05, 0) is 52.0 Å². The van der Waals surface area contributed by atoms with Gasteiger partial charge in [0.2, 0.25) is 0 Å². The molecule has 1 amide bonds. The van der Waals surface area contributed by atoms with Crippen LogP contribution in [0.1, 0.15) is 65.1 Å². The second kappa shape index (κ2) is 9.52. The molecule has 1 saturated carbocycles. The monoisotopic (exact) mass is 411 g/mol. The maximum absolute atomic E-state index is 12.7. The minimum absolute atomic E-state index is 0.181. The number of ether oxygens (including phenoxy) is 2. The normalized spacial score (nSPS) is 14.8. The number of hydrogen-bond donors (Lipinski definition) is 1. The SMILES string of the molecule is CCOC(=O)c1sc(NC(=O)C[N+](C)(C)C2CCCC2)c(C(=O)OCC)c1C. The Labute approximate surface area is 170 Å². The molecule has 1 fully saturated rings. The van der Waals surface area contributed by atoms with Crippen molar-refractivity contribution in [1.29, 1.82) is 0 Å². The topological polar surface area (TPSA) is 81.7 Å². The van der Waals surface area contributed by atoms with Gasteiger partial charge in [-0.1, -0.05) is 0 Å². The summed E-state index contributed by atoms with van der Waals surface area (Å²) in [5, 5.41) is 3.19. The highest BCUT2D eigenvalue weighted by Crippen LogP contribution is 2.34. The molecule has 0 aromatic carbocycles. The molecule has 1 heterocycles. The third-order valence-corrected chi connectivity index (χ3v) is 6.39. The van der Waals surface area contributed by atoms with Gasteiger partial charge in [0.05, 0.1) is 38.9 Å². The minimum atomic E-state index is -0.549. The van der Waals surface area contributed by atoms with Crippen LogP contribution in [0.3, 0.4) is 0 Å². The fourth-order valence-electron chi connectivity index (χ4n) is 3.71. The summed E-state index contributed by atoms with van der Waals surface area (Å²) in [5.74, 6) is -1.23. The van der Waals surface area contributed by atoms with Crippen LogP contribution in [0.2, 0.25) is 0 Å². The molecule has 28 heavy (non-hydrogen) atoms. The molecule has 1 aromatic rings. The zero-order valence-corrected chi connectivity index (χ0v) is 18.2. The molecule has 0 unspecified atom stereocenters. The summed E-state index contributed by atoms with van der Waals surface area (Å²) in [6, 6.07) is 0.468. The zero-order valence-electron chi connectivity index (χ0n) is 17.4. The number of carbonyl (C=O) groups is 3. The molecule has 1 aromatic heterocycles. The standard InChI is InChI=1S/C20H30N2O5S/c1-6-26-19(24)16-13(3)17(20(25)27-7-2)28-18(16)21-15(23)12-22(4,5)14-10-8-9-11-14/h14H,6-12H2,1-5H3/p+1. The minimum Gasteiger partial charge on any atom is -0.462 e. The Morgan fingerprint density at radius 1 is 1.07 bits per heavy atom. The Kier molecular flexibility index (Phi) is 7.60. The summed E-state index contributed by atoms with van der Waals surface area (Å²) >= 11 is 1.06. The molecular formula is C20H31N2O5S+. The molecule has 0 spiro atoms. The number of thiophene rings is 1. The molecule has 0 aliphatic heterocycles. The van der Waals surface area contributed by atoms with Crippen LogP contribution in [0, 0.1) is 6.92 Å². The van der Waals surface area contributed by atoms with E-state index in [9.17, 15) is 14.4 Å². The number of amides is 1. The van der Waals surface area contributed by atoms with Crippen LogP contribution in [-0.4, -0.2) is 62.2 Å². The van der Waals surface area contributed by atoms with E-state index in [0.717, 1.165) is 24.2 Å². The number of likely N-dealkylation sites (N-methyl/N-ethyl adjacent to an activating group) is 1. The van der Waals surface area contributed by atoms with Gasteiger partial charge in [0, 0.05) is 0 Å². The van der Waals surface area contributed by atoms with E-state index in [2.05, 4.69) is 19.4 Å². The molecule has 7 nitrogen and oxygen atoms in total. The van der Waals surface area contributed by atoms with Crippen molar-refractivity contribution in [1.82, 2.24) is 0 Å². The highest BCUT2D eigenvalue weighted by Gasteiger charge is 2.34. The molecule has 1 aliphatic rings. The third kappa shape index (κ3) is 5.11. The molecule has 2 rings (SSSR count).